The molecule has 3 rings (SSSR count). The summed E-state index contributed by atoms with van der Waals surface area (Å²) in [5.41, 5.74) is -0.384. The number of ether oxygens (including phenoxy) is 1. The Morgan fingerprint density at radius 1 is 1.42 bits per heavy atom. The summed E-state index contributed by atoms with van der Waals surface area (Å²) < 4.78 is 11.1. The quantitative estimate of drug-likeness (QED) is 0.836. The Balaban J connectivity index is 1.79. The molecule has 5 nitrogen and oxygen atoms in total. The Morgan fingerprint density at radius 3 is 2.74 bits per heavy atom. The van der Waals surface area contributed by atoms with Gasteiger partial charge in [0.2, 0.25) is 11.7 Å². The van der Waals surface area contributed by atoms with E-state index >= 15 is 0 Å². The maximum atomic E-state index is 8.85. The van der Waals surface area contributed by atoms with Crippen LogP contribution in [0.25, 0.3) is 0 Å². The molecule has 0 N–H and O–H groups in total. The number of hydrogen-bond donors (Lipinski definition) is 0. The predicted molar refractivity (Wildman–Crippen MR) is 67.1 cm³/mol. The molecule has 2 aliphatic carbocycles. The summed E-state index contributed by atoms with van der Waals surface area (Å²) in [6.45, 7) is 2.27. The first-order valence-electron chi connectivity index (χ1n) is 6.97. The van der Waals surface area contributed by atoms with E-state index in [1.54, 1.807) is 7.11 Å². The van der Waals surface area contributed by atoms with E-state index in [0.717, 1.165) is 38.0 Å². The minimum absolute atomic E-state index is 0.0539. The molecule has 0 amide bonds. The summed E-state index contributed by atoms with van der Waals surface area (Å²) in [5.74, 6) is 2.21. The molecule has 2 unspecified atom stereocenters. The number of hydrogen-bond acceptors (Lipinski definition) is 5. The lowest BCUT2D eigenvalue weighted by atomic mass is 9.79. The zero-order valence-electron chi connectivity index (χ0n) is 11.4. The highest BCUT2D eigenvalue weighted by molar-refractivity contribution is 5.16. The molecule has 0 bridgehead atoms. The highest BCUT2D eigenvalue weighted by atomic mass is 16.5. The Labute approximate surface area is 112 Å². The number of aromatic nitrogens is 2. The number of nitrogens with zero attached hydrogens (tertiary/aromatic N) is 3. The van der Waals surface area contributed by atoms with Crippen LogP contribution in [0.2, 0.25) is 0 Å². The molecule has 2 fully saturated rings. The minimum atomic E-state index is -0.384. The molecular weight excluding hydrogens is 242 g/mol. The molecule has 102 valence electrons. The van der Waals surface area contributed by atoms with Gasteiger partial charge in [-0.3, -0.25) is 0 Å². The van der Waals surface area contributed by atoms with Gasteiger partial charge < -0.3 is 9.26 Å². The van der Waals surface area contributed by atoms with Gasteiger partial charge in [0.05, 0.1) is 17.9 Å². The van der Waals surface area contributed by atoms with Gasteiger partial charge in [0.1, 0.15) is 5.60 Å². The van der Waals surface area contributed by atoms with Crippen molar-refractivity contribution < 1.29 is 9.26 Å². The Kier molecular flexibility index (Phi) is 3.06. The third kappa shape index (κ3) is 2.14. The lowest BCUT2D eigenvalue weighted by Crippen LogP contribution is -2.34. The second kappa shape index (κ2) is 4.61. The molecule has 0 saturated heterocycles. The normalized spacial score (nSPS) is 37.8. The fourth-order valence-electron chi connectivity index (χ4n) is 2.93. The number of nitriles is 1. The van der Waals surface area contributed by atoms with Crippen LogP contribution in [0.15, 0.2) is 4.52 Å². The first-order chi connectivity index (χ1) is 9.18. The van der Waals surface area contributed by atoms with Crippen molar-refractivity contribution in [2.45, 2.75) is 50.5 Å². The molecule has 5 heteroatoms. The predicted octanol–water partition coefficient (Wildman–Crippen LogP) is 2.75. The molecule has 0 spiro atoms. The van der Waals surface area contributed by atoms with E-state index in [1.165, 1.54) is 0 Å². The third-order valence-electron chi connectivity index (χ3n) is 4.60. The monoisotopic (exact) mass is 261 g/mol. The van der Waals surface area contributed by atoms with Gasteiger partial charge in [-0.1, -0.05) is 12.1 Å². The molecule has 0 aromatic carbocycles. The lowest BCUT2D eigenvalue weighted by Gasteiger charge is -2.35. The van der Waals surface area contributed by atoms with Gasteiger partial charge >= 0.3 is 0 Å². The van der Waals surface area contributed by atoms with E-state index in [0.29, 0.717) is 11.7 Å². The summed E-state index contributed by atoms with van der Waals surface area (Å²) in [6.07, 6.45) is 4.98. The Hall–Kier alpha value is -1.41. The molecule has 19 heavy (non-hydrogen) atoms. The average molecular weight is 261 g/mol. The van der Waals surface area contributed by atoms with E-state index in [1.807, 2.05) is 0 Å². The first-order valence-corrected chi connectivity index (χ1v) is 6.97. The van der Waals surface area contributed by atoms with Gasteiger partial charge in [-0.05, 0) is 38.0 Å². The Morgan fingerprint density at radius 2 is 2.16 bits per heavy atom. The second-order valence-corrected chi connectivity index (χ2v) is 5.91. The van der Waals surface area contributed by atoms with Gasteiger partial charge in [0.25, 0.3) is 0 Å². The van der Waals surface area contributed by atoms with Crippen LogP contribution in [0.1, 0.15) is 56.7 Å². The largest absolute Gasteiger partial charge is 0.370 e. The molecule has 2 saturated carbocycles. The highest BCUT2D eigenvalue weighted by Gasteiger charge is 2.46. The first kappa shape index (κ1) is 12.6. The average Bonchev–Trinajstić information content (AvgIpc) is 3.07. The smallest absolute Gasteiger partial charge is 0.231 e. The van der Waals surface area contributed by atoms with Crippen LogP contribution < -0.4 is 0 Å². The zero-order valence-corrected chi connectivity index (χ0v) is 11.4. The highest BCUT2D eigenvalue weighted by Crippen LogP contribution is 2.47. The maximum Gasteiger partial charge on any atom is 0.231 e. The summed E-state index contributed by atoms with van der Waals surface area (Å²) in [7, 11) is 1.72. The summed E-state index contributed by atoms with van der Waals surface area (Å²) in [6, 6.07) is 2.25. The number of methoxy groups -OCH3 is 1. The summed E-state index contributed by atoms with van der Waals surface area (Å²) in [4.78, 5) is 4.51. The van der Waals surface area contributed by atoms with E-state index in [4.69, 9.17) is 14.5 Å². The molecule has 0 radical (unpaired) electrons. The van der Waals surface area contributed by atoms with E-state index in [9.17, 15) is 0 Å². The van der Waals surface area contributed by atoms with Crippen LogP contribution in [-0.4, -0.2) is 17.3 Å². The minimum Gasteiger partial charge on any atom is -0.370 e. The zero-order chi connectivity index (χ0) is 13.5. The SMILES string of the molecule is COC1(c2noc(C3CC3C#N)n2)CCC(C)CC1. The van der Waals surface area contributed by atoms with Crippen LogP contribution in [0.3, 0.4) is 0 Å². The lowest BCUT2D eigenvalue weighted by molar-refractivity contribution is -0.0609. The standard InChI is InChI=1S/C14H19N3O2/c1-9-3-5-14(18-2,6-4-9)13-16-12(19-17-13)11-7-10(11)8-15/h9-11H,3-7H2,1-2H3. The molecule has 1 aromatic heterocycles. The second-order valence-electron chi connectivity index (χ2n) is 5.91. The molecule has 1 aromatic rings. The van der Waals surface area contributed by atoms with Gasteiger partial charge in [-0.2, -0.15) is 10.2 Å². The fourth-order valence-corrected chi connectivity index (χ4v) is 2.93. The Bertz CT molecular complexity index is 497. The topological polar surface area (TPSA) is 71.9 Å². The van der Waals surface area contributed by atoms with E-state index in [2.05, 4.69) is 23.1 Å². The third-order valence-corrected chi connectivity index (χ3v) is 4.60. The van der Waals surface area contributed by atoms with Crippen LogP contribution in [-0.2, 0) is 10.3 Å². The van der Waals surface area contributed by atoms with Crippen LogP contribution in [0, 0.1) is 23.2 Å². The van der Waals surface area contributed by atoms with Crippen molar-refractivity contribution in [2.75, 3.05) is 7.11 Å². The molecular formula is C14H19N3O2. The van der Waals surface area contributed by atoms with Crippen molar-refractivity contribution in [2.24, 2.45) is 11.8 Å². The van der Waals surface area contributed by atoms with Gasteiger partial charge in [-0.15, -0.1) is 0 Å². The maximum absolute atomic E-state index is 8.85. The molecule has 2 atom stereocenters. The fraction of sp³-hybridized carbons (Fsp3) is 0.786. The van der Waals surface area contributed by atoms with Crippen molar-refractivity contribution in [1.82, 2.24) is 10.1 Å². The van der Waals surface area contributed by atoms with E-state index < -0.39 is 0 Å². The molecule has 2 aliphatic rings. The summed E-state index contributed by atoms with van der Waals surface area (Å²) >= 11 is 0. The van der Waals surface area contributed by atoms with Gasteiger partial charge in [0.15, 0.2) is 0 Å². The van der Waals surface area contributed by atoms with Crippen molar-refractivity contribution in [3.63, 3.8) is 0 Å². The number of rotatable bonds is 3. The van der Waals surface area contributed by atoms with Crippen molar-refractivity contribution in [3.8, 4) is 6.07 Å². The van der Waals surface area contributed by atoms with Crippen LogP contribution in [0.4, 0.5) is 0 Å². The van der Waals surface area contributed by atoms with Crippen molar-refractivity contribution in [1.29, 1.82) is 5.26 Å². The molecule has 1 heterocycles. The summed E-state index contributed by atoms with van der Waals surface area (Å²) in [5, 5.41) is 13.0. The molecule has 0 aliphatic heterocycles. The van der Waals surface area contributed by atoms with Gasteiger partial charge in [-0.25, -0.2) is 0 Å². The van der Waals surface area contributed by atoms with Gasteiger partial charge in [0, 0.05) is 7.11 Å². The van der Waals surface area contributed by atoms with Crippen LogP contribution >= 0.6 is 0 Å². The van der Waals surface area contributed by atoms with E-state index in [-0.39, 0.29) is 17.4 Å². The van der Waals surface area contributed by atoms with Crippen LogP contribution in [0.5, 0.6) is 0 Å². The van der Waals surface area contributed by atoms with Crippen molar-refractivity contribution >= 4 is 0 Å². The van der Waals surface area contributed by atoms with Crippen molar-refractivity contribution in [3.05, 3.63) is 11.7 Å².